The molecule has 3 heteroatoms. The molecule has 2 saturated heterocycles. The zero-order valence-corrected chi connectivity index (χ0v) is 13.8. The third-order valence-electron chi connectivity index (χ3n) is 5.62. The molecule has 1 N–H and O–H groups in total. The molecule has 120 valence electrons. The van der Waals surface area contributed by atoms with E-state index in [0.29, 0.717) is 23.8 Å². The Morgan fingerprint density at radius 1 is 1.32 bits per heavy atom. The molecule has 0 aromatic heterocycles. The maximum absolute atomic E-state index is 12.9. The molecule has 3 unspecified atom stereocenters. The summed E-state index contributed by atoms with van der Waals surface area (Å²) in [6.07, 6.45) is 3.39. The predicted molar refractivity (Wildman–Crippen MR) is 89.7 cm³/mol. The fourth-order valence-corrected chi connectivity index (χ4v) is 4.04. The van der Waals surface area contributed by atoms with Gasteiger partial charge in [-0.15, -0.1) is 0 Å². The van der Waals surface area contributed by atoms with E-state index in [0.717, 1.165) is 38.9 Å². The molecular formula is C19H28N2O. The van der Waals surface area contributed by atoms with Gasteiger partial charge in [0.05, 0.1) is 0 Å². The lowest BCUT2D eigenvalue weighted by Gasteiger charge is -2.38. The first-order chi connectivity index (χ1) is 10.7. The minimum Gasteiger partial charge on any atom is -0.339 e. The largest absolute Gasteiger partial charge is 0.339 e. The first-order valence-electron chi connectivity index (χ1n) is 8.78. The van der Waals surface area contributed by atoms with Gasteiger partial charge >= 0.3 is 0 Å². The van der Waals surface area contributed by atoms with Gasteiger partial charge in [-0.1, -0.05) is 44.2 Å². The lowest BCUT2D eigenvalue weighted by atomic mass is 9.85. The second kappa shape index (κ2) is 6.82. The molecule has 2 heterocycles. The Bertz CT molecular complexity index is 497. The van der Waals surface area contributed by atoms with Crippen molar-refractivity contribution in [3.05, 3.63) is 35.9 Å². The van der Waals surface area contributed by atoms with Crippen LogP contribution in [0.5, 0.6) is 0 Å². The van der Waals surface area contributed by atoms with Gasteiger partial charge in [-0.3, -0.25) is 4.79 Å². The van der Waals surface area contributed by atoms with Gasteiger partial charge in [-0.2, -0.15) is 0 Å². The van der Waals surface area contributed by atoms with Crippen LogP contribution in [0.2, 0.25) is 0 Å². The van der Waals surface area contributed by atoms with E-state index < -0.39 is 0 Å². The second-order valence-corrected chi connectivity index (χ2v) is 6.87. The van der Waals surface area contributed by atoms with Crippen molar-refractivity contribution < 1.29 is 4.79 Å². The minimum atomic E-state index is 0.162. The maximum Gasteiger partial charge on any atom is 0.226 e. The van der Waals surface area contributed by atoms with Gasteiger partial charge in [0.15, 0.2) is 0 Å². The highest BCUT2D eigenvalue weighted by molar-refractivity contribution is 5.79. The third kappa shape index (κ3) is 2.91. The van der Waals surface area contributed by atoms with E-state index in [2.05, 4.69) is 54.4 Å². The molecule has 0 radical (unpaired) electrons. The Morgan fingerprint density at radius 3 is 2.64 bits per heavy atom. The van der Waals surface area contributed by atoms with Crippen molar-refractivity contribution >= 4 is 5.91 Å². The van der Waals surface area contributed by atoms with E-state index in [1.807, 2.05) is 0 Å². The lowest BCUT2D eigenvalue weighted by molar-refractivity contribution is -0.138. The number of hydrogen-bond donors (Lipinski definition) is 1. The molecule has 3 rings (SSSR count). The van der Waals surface area contributed by atoms with Gasteiger partial charge < -0.3 is 10.2 Å². The van der Waals surface area contributed by atoms with E-state index in [-0.39, 0.29) is 5.92 Å². The van der Waals surface area contributed by atoms with Crippen LogP contribution in [-0.4, -0.2) is 36.5 Å². The fraction of sp³-hybridized carbons (Fsp3) is 0.632. The molecule has 2 aliphatic rings. The van der Waals surface area contributed by atoms with Crippen LogP contribution in [-0.2, 0) is 4.79 Å². The molecule has 1 aromatic rings. The Hall–Kier alpha value is -1.35. The van der Waals surface area contributed by atoms with Crippen molar-refractivity contribution in [2.45, 2.75) is 45.1 Å². The van der Waals surface area contributed by atoms with E-state index in [9.17, 15) is 4.79 Å². The molecule has 0 saturated carbocycles. The molecule has 0 spiro atoms. The molecule has 0 bridgehead atoms. The highest BCUT2D eigenvalue weighted by Crippen LogP contribution is 2.35. The Balaban J connectivity index is 1.75. The van der Waals surface area contributed by atoms with Crippen LogP contribution in [0, 0.1) is 11.8 Å². The zero-order chi connectivity index (χ0) is 15.5. The van der Waals surface area contributed by atoms with Crippen molar-refractivity contribution in [2.24, 2.45) is 11.8 Å². The summed E-state index contributed by atoms with van der Waals surface area (Å²) >= 11 is 0. The number of likely N-dealkylation sites (tertiary alicyclic amines) is 1. The van der Waals surface area contributed by atoms with E-state index in [4.69, 9.17) is 0 Å². The normalized spacial score (nSPS) is 24.8. The molecule has 3 nitrogen and oxygen atoms in total. The lowest BCUT2D eigenvalue weighted by Crippen LogP contribution is -2.51. The number of carbonyl (C=O) groups excluding carboxylic acids is 1. The monoisotopic (exact) mass is 300 g/mol. The number of carbonyl (C=O) groups is 1. The maximum atomic E-state index is 12.9. The quantitative estimate of drug-likeness (QED) is 0.906. The van der Waals surface area contributed by atoms with E-state index >= 15 is 0 Å². The molecule has 2 fully saturated rings. The topological polar surface area (TPSA) is 32.3 Å². The van der Waals surface area contributed by atoms with Crippen LogP contribution < -0.4 is 5.32 Å². The van der Waals surface area contributed by atoms with Crippen molar-refractivity contribution in [1.29, 1.82) is 0 Å². The zero-order valence-electron chi connectivity index (χ0n) is 13.8. The SMILES string of the molecule is CCC(c1ccccc1)C1CCCN1C(=O)C(C)C1CNC1. The van der Waals surface area contributed by atoms with Gasteiger partial charge in [0.25, 0.3) is 0 Å². The third-order valence-corrected chi connectivity index (χ3v) is 5.62. The molecular weight excluding hydrogens is 272 g/mol. The number of benzene rings is 1. The van der Waals surface area contributed by atoms with Crippen LogP contribution in [0.3, 0.4) is 0 Å². The molecule has 2 aliphatic heterocycles. The average molecular weight is 300 g/mol. The fourth-order valence-electron chi connectivity index (χ4n) is 4.04. The van der Waals surface area contributed by atoms with Gasteiger partial charge in [-0.05, 0) is 43.8 Å². The van der Waals surface area contributed by atoms with Gasteiger partial charge in [0.1, 0.15) is 0 Å². The van der Waals surface area contributed by atoms with Gasteiger partial charge in [0.2, 0.25) is 5.91 Å². The standard InChI is InChI=1S/C19H28N2O/c1-3-17(15-8-5-4-6-9-15)18-10-7-11-21(18)19(22)14(2)16-12-20-13-16/h4-6,8-9,14,16-18,20H,3,7,10-13H2,1-2H3. The van der Waals surface area contributed by atoms with Crippen LogP contribution >= 0.6 is 0 Å². The van der Waals surface area contributed by atoms with E-state index in [1.54, 1.807) is 0 Å². The predicted octanol–water partition coefficient (Wildman–Crippen LogP) is 3.03. The molecule has 22 heavy (non-hydrogen) atoms. The number of hydrogen-bond acceptors (Lipinski definition) is 2. The number of amides is 1. The van der Waals surface area contributed by atoms with Crippen molar-refractivity contribution in [3.8, 4) is 0 Å². The molecule has 0 aliphatic carbocycles. The smallest absolute Gasteiger partial charge is 0.226 e. The summed E-state index contributed by atoms with van der Waals surface area (Å²) in [5.74, 6) is 1.54. The summed E-state index contributed by atoms with van der Waals surface area (Å²) in [4.78, 5) is 15.1. The number of nitrogens with zero attached hydrogens (tertiary/aromatic N) is 1. The van der Waals surface area contributed by atoms with Crippen molar-refractivity contribution in [2.75, 3.05) is 19.6 Å². The summed E-state index contributed by atoms with van der Waals surface area (Å²) in [7, 11) is 0. The van der Waals surface area contributed by atoms with Crippen LogP contribution in [0.15, 0.2) is 30.3 Å². The molecule has 1 amide bonds. The van der Waals surface area contributed by atoms with Crippen molar-refractivity contribution in [1.82, 2.24) is 10.2 Å². The minimum absolute atomic E-state index is 0.162. The number of rotatable bonds is 5. The Kier molecular flexibility index (Phi) is 4.82. The van der Waals surface area contributed by atoms with Crippen LogP contribution in [0.4, 0.5) is 0 Å². The van der Waals surface area contributed by atoms with Crippen LogP contribution in [0.25, 0.3) is 0 Å². The summed E-state index contributed by atoms with van der Waals surface area (Å²) in [5.41, 5.74) is 1.38. The first-order valence-corrected chi connectivity index (χ1v) is 8.78. The van der Waals surface area contributed by atoms with Crippen molar-refractivity contribution in [3.63, 3.8) is 0 Å². The van der Waals surface area contributed by atoms with E-state index in [1.165, 1.54) is 5.56 Å². The second-order valence-electron chi connectivity index (χ2n) is 6.87. The van der Waals surface area contributed by atoms with Gasteiger partial charge in [0, 0.05) is 24.4 Å². The summed E-state index contributed by atoms with van der Waals surface area (Å²) in [6.45, 7) is 7.31. The van der Waals surface area contributed by atoms with Gasteiger partial charge in [-0.25, -0.2) is 0 Å². The first kappa shape index (κ1) is 15.5. The molecule has 3 atom stereocenters. The Labute approximate surface area is 134 Å². The summed E-state index contributed by atoms with van der Waals surface area (Å²) < 4.78 is 0. The molecule has 1 aromatic carbocycles. The highest BCUT2D eigenvalue weighted by atomic mass is 16.2. The average Bonchev–Trinajstić information content (AvgIpc) is 2.96. The summed E-state index contributed by atoms with van der Waals surface area (Å²) in [5, 5.41) is 3.29. The Morgan fingerprint density at radius 2 is 2.05 bits per heavy atom. The number of nitrogens with one attached hydrogen (secondary N) is 1. The highest BCUT2D eigenvalue weighted by Gasteiger charge is 2.39. The van der Waals surface area contributed by atoms with Crippen LogP contribution in [0.1, 0.15) is 44.6 Å². The summed E-state index contributed by atoms with van der Waals surface area (Å²) in [6, 6.07) is 11.1.